The van der Waals surface area contributed by atoms with E-state index in [9.17, 15) is 14.0 Å². The molecule has 35 heavy (non-hydrogen) atoms. The van der Waals surface area contributed by atoms with Crippen LogP contribution in [0.15, 0.2) is 77.9 Å². The average molecular weight is 478 g/mol. The first-order valence-corrected chi connectivity index (χ1v) is 11.1. The van der Waals surface area contributed by atoms with E-state index in [0.29, 0.717) is 23.7 Å². The lowest BCUT2D eigenvalue weighted by Gasteiger charge is -2.20. The monoisotopic (exact) mass is 477 g/mol. The van der Waals surface area contributed by atoms with Crippen LogP contribution >= 0.6 is 0 Å². The summed E-state index contributed by atoms with van der Waals surface area (Å²) in [5.74, 6) is -0.471. The molecule has 2 N–H and O–H groups in total. The van der Waals surface area contributed by atoms with Crippen LogP contribution < -0.4 is 20.2 Å². The van der Waals surface area contributed by atoms with Crippen molar-refractivity contribution in [3.8, 4) is 11.5 Å². The number of hydrogen-bond donors (Lipinski definition) is 2. The molecular formula is C27H28FN3O4. The summed E-state index contributed by atoms with van der Waals surface area (Å²) in [6.07, 6.45) is 1.47. The fourth-order valence-corrected chi connectivity index (χ4v) is 3.22. The topological polar surface area (TPSA) is 89.0 Å². The highest BCUT2D eigenvalue weighted by Crippen LogP contribution is 2.28. The van der Waals surface area contributed by atoms with Gasteiger partial charge in [0.15, 0.2) is 11.5 Å². The average Bonchev–Trinajstić information content (AvgIpc) is 2.87. The van der Waals surface area contributed by atoms with Gasteiger partial charge in [-0.05, 0) is 59.5 Å². The van der Waals surface area contributed by atoms with E-state index in [1.54, 1.807) is 39.2 Å². The van der Waals surface area contributed by atoms with Gasteiger partial charge >= 0.3 is 0 Å². The molecule has 0 saturated carbocycles. The highest BCUT2D eigenvalue weighted by atomic mass is 19.1. The molecule has 3 aromatic carbocycles. The Labute approximate surface area is 204 Å². The molecule has 8 heteroatoms. The van der Waals surface area contributed by atoms with Crippen LogP contribution in [0.2, 0.25) is 0 Å². The first-order chi connectivity index (χ1) is 16.9. The first-order valence-electron chi connectivity index (χ1n) is 11.1. The van der Waals surface area contributed by atoms with Gasteiger partial charge in [-0.3, -0.25) is 9.59 Å². The summed E-state index contributed by atoms with van der Waals surface area (Å²) in [5.41, 5.74) is 4.44. The second-order valence-corrected chi connectivity index (χ2v) is 8.12. The van der Waals surface area contributed by atoms with Gasteiger partial charge in [0.05, 0.1) is 13.3 Å². The molecule has 0 aromatic heterocycles. The van der Waals surface area contributed by atoms with Crippen LogP contribution in [0.25, 0.3) is 0 Å². The number of hydrazone groups is 1. The maximum absolute atomic E-state index is 13.1. The molecule has 0 saturated heterocycles. The molecule has 0 heterocycles. The zero-order valence-electron chi connectivity index (χ0n) is 19.8. The van der Waals surface area contributed by atoms with Crippen molar-refractivity contribution in [1.82, 2.24) is 10.7 Å². The Bertz CT molecular complexity index is 1160. The minimum absolute atomic E-state index is 0.198. The van der Waals surface area contributed by atoms with Gasteiger partial charge in [-0.1, -0.05) is 44.2 Å². The lowest BCUT2D eigenvalue weighted by Crippen LogP contribution is -2.48. The number of nitrogens with zero attached hydrogens (tertiary/aromatic N) is 1. The van der Waals surface area contributed by atoms with E-state index in [2.05, 4.69) is 15.8 Å². The van der Waals surface area contributed by atoms with Gasteiger partial charge in [0, 0.05) is 5.56 Å². The molecule has 0 aliphatic rings. The van der Waals surface area contributed by atoms with Crippen molar-refractivity contribution in [3.63, 3.8) is 0 Å². The van der Waals surface area contributed by atoms with Gasteiger partial charge in [-0.25, -0.2) is 9.82 Å². The van der Waals surface area contributed by atoms with Crippen molar-refractivity contribution in [2.45, 2.75) is 26.5 Å². The number of methoxy groups -OCH3 is 1. The number of ether oxygens (including phenoxy) is 2. The summed E-state index contributed by atoms with van der Waals surface area (Å²) in [4.78, 5) is 25.1. The number of rotatable bonds is 10. The van der Waals surface area contributed by atoms with Crippen LogP contribution in [0.3, 0.4) is 0 Å². The highest BCUT2D eigenvalue weighted by Gasteiger charge is 2.24. The standard InChI is InChI=1S/C27H28FN3O4/c1-18(2)25(30-26(32)21-10-12-22(28)13-11-21)27(33)31-29-16-20-9-14-23(24(15-20)34-3)35-17-19-7-5-4-6-8-19/h4-16,18,25H,17H2,1-3H3,(H,30,32)(H,31,33)/b29-16+. The number of nitrogens with one attached hydrogen (secondary N) is 2. The number of carbonyl (C=O) groups excluding carboxylic acids is 2. The Morgan fingerprint density at radius 3 is 2.37 bits per heavy atom. The molecule has 1 unspecified atom stereocenters. The third-order valence-corrected chi connectivity index (χ3v) is 5.16. The first kappa shape index (κ1) is 25.4. The van der Waals surface area contributed by atoms with Crippen molar-refractivity contribution in [1.29, 1.82) is 0 Å². The summed E-state index contributed by atoms with van der Waals surface area (Å²) in [5, 5.41) is 6.68. The van der Waals surface area contributed by atoms with Gasteiger partial charge < -0.3 is 14.8 Å². The molecule has 0 bridgehead atoms. The Balaban J connectivity index is 1.60. The molecule has 0 radical (unpaired) electrons. The molecule has 0 aliphatic heterocycles. The molecular weight excluding hydrogens is 449 g/mol. The molecule has 0 aliphatic carbocycles. The fraction of sp³-hybridized carbons (Fsp3) is 0.222. The lowest BCUT2D eigenvalue weighted by molar-refractivity contribution is -0.123. The number of halogens is 1. The van der Waals surface area contributed by atoms with E-state index < -0.39 is 23.7 Å². The third kappa shape index (κ3) is 7.40. The van der Waals surface area contributed by atoms with E-state index in [-0.39, 0.29) is 11.5 Å². The Kier molecular flexibility index (Phi) is 8.95. The largest absolute Gasteiger partial charge is 0.493 e. The van der Waals surface area contributed by atoms with Gasteiger partial charge in [-0.2, -0.15) is 5.10 Å². The van der Waals surface area contributed by atoms with Crippen LogP contribution in [-0.4, -0.2) is 31.2 Å². The predicted molar refractivity (Wildman–Crippen MR) is 132 cm³/mol. The fourth-order valence-electron chi connectivity index (χ4n) is 3.22. The third-order valence-electron chi connectivity index (χ3n) is 5.16. The van der Waals surface area contributed by atoms with Crippen LogP contribution in [0, 0.1) is 11.7 Å². The molecule has 0 spiro atoms. The zero-order chi connectivity index (χ0) is 25.2. The van der Waals surface area contributed by atoms with Crippen LogP contribution in [0.5, 0.6) is 11.5 Å². The van der Waals surface area contributed by atoms with Gasteiger partial charge in [-0.15, -0.1) is 0 Å². The second kappa shape index (κ2) is 12.3. The maximum atomic E-state index is 13.1. The van der Waals surface area contributed by atoms with E-state index >= 15 is 0 Å². The summed E-state index contributed by atoms with van der Waals surface area (Å²) in [6.45, 7) is 4.01. The van der Waals surface area contributed by atoms with Gasteiger partial charge in [0.1, 0.15) is 18.5 Å². The molecule has 1 atom stereocenters. The summed E-state index contributed by atoms with van der Waals surface area (Å²) in [7, 11) is 1.55. The number of hydrogen-bond acceptors (Lipinski definition) is 5. The summed E-state index contributed by atoms with van der Waals surface area (Å²) >= 11 is 0. The van der Waals surface area contributed by atoms with Crippen LogP contribution in [0.4, 0.5) is 4.39 Å². The predicted octanol–water partition coefficient (Wildman–Crippen LogP) is 4.32. The highest BCUT2D eigenvalue weighted by molar-refractivity contribution is 5.97. The van der Waals surface area contributed by atoms with Crippen molar-refractivity contribution < 1.29 is 23.5 Å². The maximum Gasteiger partial charge on any atom is 0.262 e. The van der Waals surface area contributed by atoms with E-state index in [0.717, 1.165) is 5.56 Å². The SMILES string of the molecule is COc1cc(/C=N/NC(=O)C(NC(=O)c2ccc(F)cc2)C(C)C)ccc1OCc1ccccc1. The van der Waals surface area contributed by atoms with Crippen LogP contribution in [0.1, 0.15) is 35.3 Å². The molecule has 3 rings (SSSR count). The zero-order valence-corrected chi connectivity index (χ0v) is 19.8. The van der Waals surface area contributed by atoms with Crippen LogP contribution in [-0.2, 0) is 11.4 Å². The van der Waals surface area contributed by atoms with E-state index in [4.69, 9.17) is 9.47 Å². The smallest absolute Gasteiger partial charge is 0.262 e. The Morgan fingerprint density at radius 1 is 1.00 bits per heavy atom. The van der Waals surface area contributed by atoms with E-state index in [1.807, 2.05) is 30.3 Å². The molecule has 7 nitrogen and oxygen atoms in total. The Morgan fingerprint density at radius 2 is 1.71 bits per heavy atom. The number of benzene rings is 3. The molecule has 3 aromatic rings. The molecule has 0 fully saturated rings. The van der Waals surface area contributed by atoms with Crippen molar-refractivity contribution >= 4 is 18.0 Å². The van der Waals surface area contributed by atoms with Gasteiger partial charge in [0.2, 0.25) is 0 Å². The summed E-state index contributed by atoms with van der Waals surface area (Å²) in [6, 6.07) is 19.4. The lowest BCUT2D eigenvalue weighted by atomic mass is 10.0. The van der Waals surface area contributed by atoms with E-state index in [1.165, 1.54) is 30.5 Å². The second-order valence-electron chi connectivity index (χ2n) is 8.12. The van der Waals surface area contributed by atoms with Crippen molar-refractivity contribution in [2.75, 3.05) is 7.11 Å². The molecule has 2 amide bonds. The van der Waals surface area contributed by atoms with Crippen molar-refractivity contribution in [2.24, 2.45) is 11.0 Å². The van der Waals surface area contributed by atoms with Crippen molar-refractivity contribution in [3.05, 3.63) is 95.3 Å². The Hall–Kier alpha value is -4.20. The minimum atomic E-state index is -0.826. The quantitative estimate of drug-likeness (QED) is 0.336. The minimum Gasteiger partial charge on any atom is -0.493 e. The normalized spacial score (nSPS) is 11.8. The molecule has 182 valence electrons. The summed E-state index contributed by atoms with van der Waals surface area (Å²) < 4.78 is 24.4. The number of carbonyl (C=O) groups is 2. The van der Waals surface area contributed by atoms with Gasteiger partial charge in [0.25, 0.3) is 11.8 Å². The number of amides is 2.